The molecule has 0 unspecified atom stereocenters. The van der Waals surface area contributed by atoms with E-state index in [4.69, 9.17) is 0 Å². The molecule has 6 nitrogen and oxygen atoms in total. The fourth-order valence-electron chi connectivity index (χ4n) is 4.38. The second kappa shape index (κ2) is 11.0. The van der Waals surface area contributed by atoms with Crippen molar-refractivity contribution in [1.29, 1.82) is 0 Å². The Morgan fingerprint density at radius 2 is 1.62 bits per heavy atom. The number of hydrogen-bond acceptors (Lipinski definition) is 4. The third kappa shape index (κ3) is 6.25. The first-order valence-corrected chi connectivity index (χ1v) is 12.8. The van der Waals surface area contributed by atoms with E-state index >= 15 is 0 Å². The topological polar surface area (TPSA) is 83.1 Å². The molecule has 40 heavy (non-hydrogen) atoms. The van der Waals surface area contributed by atoms with Crippen LogP contribution in [0.4, 0.5) is 30.4 Å². The zero-order chi connectivity index (χ0) is 29.2. The molecular formula is C31H31F3N4O2. The van der Waals surface area contributed by atoms with Crippen molar-refractivity contribution >= 4 is 39.8 Å². The Bertz CT molecular complexity index is 1590. The molecule has 0 aliphatic heterocycles. The van der Waals surface area contributed by atoms with Gasteiger partial charge in [0.05, 0.1) is 5.56 Å². The lowest BCUT2D eigenvalue weighted by Crippen LogP contribution is -2.34. The largest absolute Gasteiger partial charge is 0.416 e. The van der Waals surface area contributed by atoms with Crippen molar-refractivity contribution in [2.45, 2.75) is 47.3 Å². The Morgan fingerprint density at radius 3 is 2.33 bits per heavy atom. The van der Waals surface area contributed by atoms with E-state index in [-0.39, 0.29) is 17.5 Å². The Morgan fingerprint density at radius 1 is 0.900 bits per heavy atom. The van der Waals surface area contributed by atoms with Gasteiger partial charge in [-0.2, -0.15) is 13.2 Å². The predicted octanol–water partition coefficient (Wildman–Crippen LogP) is 7.53. The number of aromatic nitrogens is 1. The van der Waals surface area contributed by atoms with Gasteiger partial charge in [-0.3, -0.25) is 9.59 Å². The smallest absolute Gasteiger partial charge is 0.352 e. The number of alkyl halides is 3. The fraction of sp³-hybridized carbons (Fsp3) is 0.258. The van der Waals surface area contributed by atoms with E-state index in [0.29, 0.717) is 34.4 Å². The molecule has 4 aromatic rings. The number of carbonyl (C=O) groups is 2. The van der Waals surface area contributed by atoms with Crippen LogP contribution in [0.1, 0.15) is 53.4 Å². The number of nitrogens with zero attached hydrogens (tertiary/aromatic N) is 1. The normalized spacial score (nSPS) is 11.8. The molecule has 0 radical (unpaired) electrons. The van der Waals surface area contributed by atoms with Crippen molar-refractivity contribution in [3.05, 3.63) is 94.7 Å². The van der Waals surface area contributed by atoms with Crippen molar-refractivity contribution in [1.82, 2.24) is 10.3 Å². The molecule has 9 heteroatoms. The summed E-state index contributed by atoms with van der Waals surface area (Å²) in [7, 11) is 0. The molecule has 1 heterocycles. The van der Waals surface area contributed by atoms with E-state index in [1.54, 1.807) is 24.3 Å². The third-order valence-electron chi connectivity index (χ3n) is 6.64. The van der Waals surface area contributed by atoms with E-state index < -0.39 is 17.2 Å². The number of carbonyl (C=O) groups excluding carboxylic acids is 2. The molecular weight excluding hydrogens is 517 g/mol. The maximum atomic E-state index is 13.5. The zero-order valence-corrected chi connectivity index (χ0v) is 23.0. The second-order valence-electron chi connectivity index (χ2n) is 10.7. The number of nitrogens with one attached hydrogen (secondary N) is 3. The van der Waals surface area contributed by atoms with Crippen LogP contribution in [0.25, 0.3) is 10.8 Å². The van der Waals surface area contributed by atoms with Crippen LogP contribution >= 0.6 is 0 Å². The predicted molar refractivity (Wildman–Crippen MR) is 152 cm³/mol. The Hall–Kier alpha value is -4.40. The number of fused-ring (bicyclic) bond motifs is 1. The number of hydrogen-bond donors (Lipinski definition) is 3. The monoisotopic (exact) mass is 548 g/mol. The lowest BCUT2D eigenvalue weighted by molar-refractivity contribution is -0.137. The third-order valence-corrected chi connectivity index (χ3v) is 6.64. The van der Waals surface area contributed by atoms with Gasteiger partial charge in [-0.1, -0.05) is 51.1 Å². The van der Waals surface area contributed by atoms with Gasteiger partial charge >= 0.3 is 6.18 Å². The lowest BCUT2D eigenvalue weighted by atomic mass is 9.94. The molecule has 208 valence electrons. The highest BCUT2D eigenvalue weighted by Gasteiger charge is 2.30. The van der Waals surface area contributed by atoms with E-state index in [0.717, 1.165) is 28.8 Å². The van der Waals surface area contributed by atoms with Crippen molar-refractivity contribution in [2.24, 2.45) is 5.41 Å². The fourth-order valence-corrected chi connectivity index (χ4v) is 4.38. The minimum absolute atomic E-state index is 0.0858. The number of anilines is 3. The van der Waals surface area contributed by atoms with Crippen LogP contribution in [0.5, 0.6) is 0 Å². The van der Waals surface area contributed by atoms with Crippen LogP contribution in [-0.2, 0) is 17.5 Å². The Kier molecular flexibility index (Phi) is 7.86. The molecule has 3 aromatic carbocycles. The minimum Gasteiger partial charge on any atom is -0.352 e. The van der Waals surface area contributed by atoms with E-state index in [1.165, 1.54) is 18.3 Å². The molecule has 0 bridgehead atoms. The van der Waals surface area contributed by atoms with Gasteiger partial charge in [0.1, 0.15) is 5.82 Å². The van der Waals surface area contributed by atoms with Gasteiger partial charge in [0.2, 0.25) is 5.91 Å². The van der Waals surface area contributed by atoms with Crippen LogP contribution < -0.4 is 16.0 Å². The summed E-state index contributed by atoms with van der Waals surface area (Å²) in [5.74, 6) is -0.0371. The minimum atomic E-state index is -4.47. The molecule has 1 aromatic heterocycles. The average molecular weight is 549 g/mol. The van der Waals surface area contributed by atoms with Crippen LogP contribution in [-0.4, -0.2) is 16.8 Å². The van der Waals surface area contributed by atoms with Crippen LogP contribution in [0.2, 0.25) is 0 Å². The molecule has 0 aliphatic rings. The molecule has 0 aliphatic carbocycles. The quantitative estimate of drug-likeness (QED) is 0.233. The van der Waals surface area contributed by atoms with Crippen molar-refractivity contribution in [2.75, 3.05) is 10.6 Å². The lowest BCUT2D eigenvalue weighted by Gasteiger charge is -2.20. The van der Waals surface area contributed by atoms with Crippen molar-refractivity contribution < 1.29 is 22.8 Å². The summed E-state index contributed by atoms with van der Waals surface area (Å²) in [6.07, 6.45) is -2.93. The summed E-state index contributed by atoms with van der Waals surface area (Å²) in [5.41, 5.74) is 2.37. The van der Waals surface area contributed by atoms with Crippen LogP contribution in [0, 0.1) is 19.3 Å². The highest BCUT2D eigenvalue weighted by molar-refractivity contribution is 6.12. The van der Waals surface area contributed by atoms with Crippen molar-refractivity contribution in [3.8, 4) is 0 Å². The molecule has 0 saturated heterocycles. The van der Waals surface area contributed by atoms with E-state index in [9.17, 15) is 22.8 Å². The molecule has 0 fully saturated rings. The molecule has 0 spiro atoms. The maximum absolute atomic E-state index is 13.5. The highest BCUT2D eigenvalue weighted by Crippen LogP contribution is 2.33. The molecule has 3 N–H and O–H groups in total. The summed E-state index contributed by atoms with van der Waals surface area (Å²) in [6, 6.07) is 15.7. The van der Waals surface area contributed by atoms with Gasteiger partial charge < -0.3 is 16.0 Å². The Balaban J connectivity index is 1.62. The SMILES string of the molecule is Cc1ccc(CNC(=O)C(C)(C)C)c(C)c1C(=O)Nc1cccc2c(Nc3cccc(C(F)(F)F)c3)nccc12. The van der Waals surface area contributed by atoms with Crippen LogP contribution in [0.3, 0.4) is 0 Å². The number of halogens is 3. The number of rotatable bonds is 6. The first kappa shape index (κ1) is 28.6. The number of pyridine rings is 1. The summed E-state index contributed by atoms with van der Waals surface area (Å²) in [4.78, 5) is 30.2. The molecule has 0 atom stereocenters. The first-order chi connectivity index (χ1) is 18.8. The first-order valence-electron chi connectivity index (χ1n) is 12.8. The van der Waals surface area contributed by atoms with E-state index in [1.807, 2.05) is 46.8 Å². The van der Waals surface area contributed by atoms with E-state index in [2.05, 4.69) is 20.9 Å². The summed E-state index contributed by atoms with van der Waals surface area (Å²) in [6.45, 7) is 9.51. The number of benzene rings is 3. The highest BCUT2D eigenvalue weighted by atomic mass is 19.4. The summed E-state index contributed by atoms with van der Waals surface area (Å²) < 4.78 is 39.5. The van der Waals surface area contributed by atoms with Crippen LogP contribution in [0.15, 0.2) is 66.9 Å². The van der Waals surface area contributed by atoms with Gasteiger partial charge in [0.15, 0.2) is 0 Å². The molecule has 0 saturated carbocycles. The zero-order valence-electron chi connectivity index (χ0n) is 23.0. The molecule has 4 rings (SSSR count). The van der Waals surface area contributed by atoms with Gasteiger partial charge in [-0.05, 0) is 60.9 Å². The van der Waals surface area contributed by atoms with Gasteiger partial charge in [0.25, 0.3) is 5.91 Å². The average Bonchev–Trinajstić information content (AvgIpc) is 2.88. The standard InChI is InChI=1S/C31H31F3N4O2/c1-18-12-13-20(17-36-29(40)30(3,4)5)19(2)26(18)28(39)38-25-11-7-10-24-23(25)14-15-35-27(24)37-22-9-6-8-21(16-22)31(32,33)34/h6-16H,17H2,1-5H3,(H,35,37)(H,36,40)(H,38,39). The summed E-state index contributed by atoms with van der Waals surface area (Å²) in [5, 5.41) is 10.2. The van der Waals surface area contributed by atoms with Gasteiger partial charge in [-0.25, -0.2) is 4.98 Å². The number of amides is 2. The second-order valence-corrected chi connectivity index (χ2v) is 10.7. The number of aryl methyl sites for hydroxylation is 1. The van der Waals surface area contributed by atoms with Gasteiger partial charge in [0, 0.05) is 45.9 Å². The molecule has 2 amide bonds. The summed E-state index contributed by atoms with van der Waals surface area (Å²) >= 11 is 0. The Labute approximate surface area is 231 Å². The maximum Gasteiger partial charge on any atom is 0.416 e. The van der Waals surface area contributed by atoms with Crippen molar-refractivity contribution in [3.63, 3.8) is 0 Å². The van der Waals surface area contributed by atoms with Gasteiger partial charge in [-0.15, -0.1) is 0 Å².